The molecule has 0 amide bonds. The summed E-state index contributed by atoms with van der Waals surface area (Å²) in [6.45, 7) is 8.77. The highest BCUT2D eigenvalue weighted by Gasteiger charge is 2.68. The number of allylic oxidation sites excluding steroid dienone is 3. The first-order chi connectivity index (χ1) is 18.9. The van der Waals surface area contributed by atoms with Crippen LogP contribution in [0.25, 0.3) is 0 Å². The minimum atomic E-state index is -1.66. The van der Waals surface area contributed by atoms with Crippen molar-refractivity contribution in [3.63, 3.8) is 0 Å². The maximum atomic E-state index is 14.1. The highest BCUT2D eigenvalue weighted by Crippen LogP contribution is 2.67. The first-order valence-corrected chi connectivity index (χ1v) is 15.5. The van der Waals surface area contributed by atoms with Gasteiger partial charge in [-0.15, -0.1) is 0 Å². The smallest absolute Gasteiger partial charge is 0.303 e. The lowest BCUT2D eigenvalue weighted by atomic mass is 9.46. The van der Waals surface area contributed by atoms with E-state index in [0.717, 1.165) is 44.6 Å². The molecule has 7 nitrogen and oxygen atoms in total. The normalized spacial score (nSPS) is 35.1. The number of likely N-dealkylation sites (N-methyl/N-ethyl adjacent to an activating group) is 1. The SMILES string of the molecule is CCCCCCCOC1=CC2=C(CN(C)C)C[C@@H]3[C@H](C(=O)C[C@@]4(C)[C@H]3CC[C@]4(O)C(=O)COC(C)=O)[C@@]2(C)CC1. The summed E-state index contributed by atoms with van der Waals surface area (Å²) in [4.78, 5) is 40.9. The Hall–Kier alpha value is -1.99. The summed E-state index contributed by atoms with van der Waals surface area (Å²) in [6, 6.07) is 0. The number of aliphatic hydroxyl groups is 1. The number of nitrogens with zero attached hydrogens (tertiary/aromatic N) is 1. The Morgan fingerprint density at radius 1 is 1.12 bits per heavy atom. The van der Waals surface area contributed by atoms with Crippen LogP contribution in [-0.2, 0) is 23.9 Å². The fraction of sp³-hybridized carbons (Fsp3) is 0.788. The average Bonchev–Trinajstić information content (AvgIpc) is 3.15. The lowest BCUT2D eigenvalue weighted by Crippen LogP contribution is -2.61. The summed E-state index contributed by atoms with van der Waals surface area (Å²) in [6.07, 6.45) is 11.9. The second-order valence-corrected chi connectivity index (χ2v) is 13.7. The van der Waals surface area contributed by atoms with Gasteiger partial charge in [-0.2, -0.15) is 0 Å². The van der Waals surface area contributed by atoms with Crippen LogP contribution in [0.3, 0.4) is 0 Å². The number of ether oxygens (including phenoxy) is 2. The Balaban J connectivity index is 1.62. The van der Waals surface area contributed by atoms with Gasteiger partial charge in [0.25, 0.3) is 0 Å². The molecule has 0 radical (unpaired) electrons. The fourth-order valence-electron chi connectivity index (χ4n) is 8.71. The van der Waals surface area contributed by atoms with Gasteiger partial charge >= 0.3 is 5.97 Å². The molecule has 7 heteroatoms. The molecule has 2 saturated carbocycles. The predicted octanol–water partition coefficient (Wildman–Crippen LogP) is 5.40. The van der Waals surface area contributed by atoms with Crippen LogP contribution < -0.4 is 0 Å². The number of Topliss-reactive ketones (excluding diaryl/α,β-unsaturated/α-hetero) is 2. The monoisotopic (exact) mass is 557 g/mol. The highest BCUT2D eigenvalue weighted by molar-refractivity contribution is 5.93. The molecule has 2 fully saturated rings. The number of ketones is 2. The van der Waals surface area contributed by atoms with E-state index in [4.69, 9.17) is 9.47 Å². The first kappa shape index (κ1) is 31.0. The Kier molecular flexibility index (Phi) is 9.35. The van der Waals surface area contributed by atoms with Gasteiger partial charge in [-0.25, -0.2) is 0 Å². The van der Waals surface area contributed by atoms with Crippen LogP contribution >= 0.6 is 0 Å². The van der Waals surface area contributed by atoms with E-state index < -0.39 is 29.4 Å². The Morgan fingerprint density at radius 3 is 2.52 bits per heavy atom. The number of hydrogen-bond acceptors (Lipinski definition) is 7. The molecule has 4 aliphatic carbocycles. The Bertz CT molecular complexity index is 1060. The number of esters is 1. The van der Waals surface area contributed by atoms with Gasteiger partial charge in [0.1, 0.15) is 11.4 Å². The lowest BCUT2D eigenvalue weighted by molar-refractivity contribution is -0.172. The summed E-state index contributed by atoms with van der Waals surface area (Å²) in [5.41, 5.74) is -0.202. The first-order valence-electron chi connectivity index (χ1n) is 15.5. The van der Waals surface area contributed by atoms with Gasteiger partial charge in [0.15, 0.2) is 6.61 Å². The topological polar surface area (TPSA) is 93.1 Å². The van der Waals surface area contributed by atoms with E-state index in [0.29, 0.717) is 12.8 Å². The molecular weight excluding hydrogens is 506 g/mol. The molecule has 0 aromatic heterocycles. The molecule has 0 saturated heterocycles. The number of carbonyl (C=O) groups excluding carboxylic acids is 3. The van der Waals surface area contributed by atoms with E-state index in [1.165, 1.54) is 43.8 Å². The molecule has 0 aromatic rings. The van der Waals surface area contributed by atoms with Gasteiger partial charge in [-0.1, -0.05) is 52.0 Å². The lowest BCUT2D eigenvalue weighted by Gasteiger charge is -2.58. The van der Waals surface area contributed by atoms with Gasteiger partial charge in [0.2, 0.25) is 5.78 Å². The molecule has 40 heavy (non-hydrogen) atoms. The van der Waals surface area contributed by atoms with Gasteiger partial charge in [0, 0.05) is 43.1 Å². The summed E-state index contributed by atoms with van der Waals surface area (Å²) in [5.74, 6) is 0.139. The second kappa shape index (κ2) is 12.1. The van der Waals surface area contributed by atoms with E-state index in [1.54, 1.807) is 0 Å². The molecule has 224 valence electrons. The predicted molar refractivity (Wildman–Crippen MR) is 154 cm³/mol. The molecule has 0 heterocycles. The van der Waals surface area contributed by atoms with Crippen molar-refractivity contribution in [2.24, 2.45) is 28.6 Å². The van der Waals surface area contributed by atoms with E-state index >= 15 is 0 Å². The molecule has 0 unspecified atom stereocenters. The third kappa shape index (κ3) is 5.57. The van der Waals surface area contributed by atoms with Crippen molar-refractivity contribution in [3.05, 3.63) is 23.0 Å². The van der Waals surface area contributed by atoms with Crippen LogP contribution in [0.2, 0.25) is 0 Å². The van der Waals surface area contributed by atoms with Crippen molar-refractivity contribution in [2.45, 2.75) is 104 Å². The van der Waals surface area contributed by atoms with Crippen LogP contribution in [0.5, 0.6) is 0 Å². The van der Waals surface area contributed by atoms with Crippen molar-refractivity contribution in [2.75, 3.05) is 33.9 Å². The van der Waals surface area contributed by atoms with E-state index in [9.17, 15) is 19.5 Å². The quantitative estimate of drug-likeness (QED) is 0.254. The molecule has 0 aromatic carbocycles. The molecule has 1 N–H and O–H groups in total. The molecule has 0 aliphatic heterocycles. The standard InChI is InChI=1S/C33H51NO6/c1-7-8-9-10-11-16-39-24-12-14-31(3)27(18-24)23(20-34(5)6)17-25-26-13-15-33(38,29(37)21-40-22(2)35)32(26,4)19-28(36)30(25)31/h18,25-26,30,38H,7-17,19-21H2,1-6H3/t25-,26-,30+,31-,32-,33-/m0/s1. The van der Waals surface area contributed by atoms with Crippen molar-refractivity contribution in [1.29, 1.82) is 0 Å². The zero-order valence-corrected chi connectivity index (χ0v) is 25.6. The molecule has 4 aliphatic rings. The number of rotatable bonds is 12. The van der Waals surface area contributed by atoms with Crippen molar-refractivity contribution in [1.82, 2.24) is 4.90 Å². The number of carbonyl (C=O) groups is 3. The van der Waals surface area contributed by atoms with Crippen LogP contribution in [0.1, 0.15) is 98.3 Å². The van der Waals surface area contributed by atoms with Gasteiger partial charge in [0.05, 0.1) is 12.4 Å². The summed E-state index contributed by atoms with van der Waals surface area (Å²) >= 11 is 0. The molecule has 0 spiro atoms. The minimum absolute atomic E-state index is 0.0433. The molecule has 4 rings (SSSR count). The zero-order valence-electron chi connectivity index (χ0n) is 25.6. The maximum absolute atomic E-state index is 14.1. The Morgan fingerprint density at radius 2 is 1.85 bits per heavy atom. The molecular formula is C33H51NO6. The summed E-state index contributed by atoms with van der Waals surface area (Å²) < 4.78 is 11.3. The van der Waals surface area contributed by atoms with E-state index in [1.807, 2.05) is 6.92 Å². The number of hydrogen-bond donors (Lipinski definition) is 1. The van der Waals surface area contributed by atoms with Crippen molar-refractivity contribution < 1.29 is 29.0 Å². The number of fused-ring (bicyclic) bond motifs is 5. The van der Waals surface area contributed by atoms with Gasteiger partial charge in [-0.3, -0.25) is 14.4 Å². The van der Waals surface area contributed by atoms with Crippen LogP contribution in [0.15, 0.2) is 23.0 Å². The third-order valence-electron chi connectivity index (χ3n) is 10.7. The Labute approximate surface area is 240 Å². The maximum Gasteiger partial charge on any atom is 0.303 e. The zero-order chi connectivity index (χ0) is 29.3. The van der Waals surface area contributed by atoms with Crippen molar-refractivity contribution >= 4 is 17.5 Å². The third-order valence-corrected chi connectivity index (χ3v) is 10.7. The second-order valence-electron chi connectivity index (χ2n) is 13.7. The van der Waals surface area contributed by atoms with E-state index in [-0.39, 0.29) is 35.4 Å². The van der Waals surface area contributed by atoms with E-state index in [2.05, 4.69) is 38.9 Å². The largest absolute Gasteiger partial charge is 0.498 e. The van der Waals surface area contributed by atoms with Crippen LogP contribution in [-0.4, -0.2) is 67.0 Å². The highest BCUT2D eigenvalue weighted by atomic mass is 16.5. The average molecular weight is 558 g/mol. The van der Waals surface area contributed by atoms with Gasteiger partial charge in [-0.05, 0) is 69.7 Å². The van der Waals surface area contributed by atoms with Crippen molar-refractivity contribution in [3.8, 4) is 0 Å². The summed E-state index contributed by atoms with van der Waals surface area (Å²) in [7, 11) is 4.16. The molecule has 6 atom stereocenters. The molecule has 0 bridgehead atoms. The fourth-order valence-corrected chi connectivity index (χ4v) is 8.71. The van der Waals surface area contributed by atoms with Crippen LogP contribution in [0, 0.1) is 28.6 Å². The summed E-state index contributed by atoms with van der Waals surface area (Å²) in [5, 5.41) is 11.8. The number of unbranched alkanes of at least 4 members (excludes halogenated alkanes) is 4. The minimum Gasteiger partial charge on any atom is -0.498 e. The van der Waals surface area contributed by atoms with Crippen LogP contribution in [0.4, 0.5) is 0 Å². The van der Waals surface area contributed by atoms with Gasteiger partial charge < -0.3 is 19.5 Å².